The number of fused-ring (bicyclic) bond motifs is 10. The van der Waals surface area contributed by atoms with Crippen molar-refractivity contribution in [3.8, 4) is 22.3 Å². The van der Waals surface area contributed by atoms with E-state index in [1.54, 1.807) is 0 Å². The van der Waals surface area contributed by atoms with E-state index in [1.165, 1.54) is 76.8 Å². The van der Waals surface area contributed by atoms with Gasteiger partial charge in [0.25, 0.3) is 0 Å². The number of allylic oxidation sites excluding steroid dienone is 1. The number of aryl methyl sites for hydroxylation is 1. The number of nitrogens with one attached hydrogen (secondary N) is 1. The number of benzene rings is 9. The van der Waals surface area contributed by atoms with Gasteiger partial charge in [-0.05, 0) is 131 Å². The van der Waals surface area contributed by atoms with Gasteiger partial charge in [0, 0.05) is 11.6 Å². The lowest BCUT2D eigenvalue weighted by atomic mass is 9.67. The van der Waals surface area contributed by atoms with Crippen LogP contribution < -0.4 is 0 Å². The molecule has 0 amide bonds. The van der Waals surface area contributed by atoms with Gasteiger partial charge in [-0.2, -0.15) is 0 Å². The Hall–Kier alpha value is -7.42. The molecule has 9 aromatic carbocycles. The Kier molecular flexibility index (Phi) is 7.80. The number of hydrogen-bond donors (Lipinski definition) is 1. The van der Waals surface area contributed by atoms with Crippen LogP contribution >= 0.6 is 0 Å². The summed E-state index contributed by atoms with van der Waals surface area (Å²) in [7, 11) is 0. The standard InChI is InChI=1S/C56H38N2/c1-36-37(22-23-38-13-12-32-58-55(36)38)27-31-54(57)41-26-30-50-49-29-25-40(34-52(49)56(53(50)35-41,42-14-4-2-5-15-42)43-16-6-3-7-17-43)39-24-28-48-46-20-9-8-18-44(46)45-19-10-11-21-47(45)51(48)33-39/h2-35,57H,1H3/b31-27-,57-54?. The zero-order valence-electron chi connectivity index (χ0n) is 32.1. The third-order valence-corrected chi connectivity index (χ3v) is 12.4. The van der Waals surface area contributed by atoms with Gasteiger partial charge in [0.05, 0.1) is 16.6 Å². The van der Waals surface area contributed by atoms with E-state index in [2.05, 4.69) is 200 Å². The molecule has 1 aliphatic rings. The zero-order chi connectivity index (χ0) is 38.8. The third-order valence-electron chi connectivity index (χ3n) is 12.4. The number of pyridine rings is 1. The highest BCUT2D eigenvalue weighted by molar-refractivity contribution is 6.25. The van der Waals surface area contributed by atoms with Crippen molar-refractivity contribution in [3.63, 3.8) is 0 Å². The fraction of sp³-hybridized carbons (Fsp3) is 0.0357. The lowest BCUT2D eigenvalue weighted by Gasteiger charge is -2.34. The number of rotatable bonds is 6. The molecule has 0 atom stereocenters. The average Bonchev–Trinajstić information content (AvgIpc) is 3.59. The van der Waals surface area contributed by atoms with E-state index in [0.717, 1.165) is 27.6 Å². The van der Waals surface area contributed by atoms with Crippen molar-refractivity contribution in [2.45, 2.75) is 12.3 Å². The molecule has 0 saturated heterocycles. The van der Waals surface area contributed by atoms with Crippen LogP contribution in [-0.4, -0.2) is 10.7 Å². The number of aromatic nitrogens is 1. The summed E-state index contributed by atoms with van der Waals surface area (Å²) < 4.78 is 0. The maximum Gasteiger partial charge on any atom is 0.0737 e. The van der Waals surface area contributed by atoms with Crippen LogP contribution in [0.1, 0.15) is 38.9 Å². The van der Waals surface area contributed by atoms with Crippen LogP contribution in [0.3, 0.4) is 0 Å². The maximum atomic E-state index is 9.39. The Bertz CT molecular complexity index is 3230. The van der Waals surface area contributed by atoms with Gasteiger partial charge < -0.3 is 5.41 Å². The second-order valence-electron chi connectivity index (χ2n) is 15.5. The summed E-state index contributed by atoms with van der Waals surface area (Å²) in [6.07, 6.45) is 5.82. The summed E-state index contributed by atoms with van der Waals surface area (Å²) >= 11 is 0. The van der Waals surface area contributed by atoms with Gasteiger partial charge in [0.15, 0.2) is 0 Å². The minimum Gasteiger partial charge on any atom is -0.300 e. The molecule has 1 aromatic heterocycles. The quantitative estimate of drug-likeness (QED) is 0.134. The van der Waals surface area contributed by atoms with Gasteiger partial charge in [0.2, 0.25) is 0 Å². The maximum absolute atomic E-state index is 9.39. The molecule has 0 radical (unpaired) electrons. The van der Waals surface area contributed by atoms with E-state index < -0.39 is 5.41 Å². The number of nitrogens with zero attached hydrogens (tertiary/aromatic N) is 1. The van der Waals surface area contributed by atoms with E-state index in [-0.39, 0.29) is 0 Å². The van der Waals surface area contributed by atoms with E-state index in [9.17, 15) is 5.41 Å². The second kappa shape index (κ2) is 13.4. The molecule has 10 aromatic rings. The topological polar surface area (TPSA) is 36.7 Å². The van der Waals surface area contributed by atoms with E-state index in [1.807, 2.05) is 18.3 Å². The average molecular weight is 739 g/mol. The molecule has 58 heavy (non-hydrogen) atoms. The van der Waals surface area contributed by atoms with Crippen LogP contribution in [0.5, 0.6) is 0 Å². The SMILES string of the molecule is Cc1c(/C=C\C(=N)c2ccc3c(c2)C(c2ccccc2)(c2ccccc2)c2cc(-c4ccc5c6ccccc6c6ccccc6c5c4)ccc2-3)ccc2cccnc12. The third kappa shape index (κ3) is 5.12. The zero-order valence-corrected chi connectivity index (χ0v) is 32.1. The Morgan fingerprint density at radius 3 is 1.72 bits per heavy atom. The van der Waals surface area contributed by atoms with Crippen molar-refractivity contribution in [1.82, 2.24) is 4.98 Å². The fourth-order valence-corrected chi connectivity index (χ4v) is 9.68. The van der Waals surface area contributed by atoms with Crippen molar-refractivity contribution in [2.24, 2.45) is 0 Å². The highest BCUT2D eigenvalue weighted by Gasteiger charge is 2.46. The molecular formula is C56H38N2. The Morgan fingerprint density at radius 2 is 1.05 bits per heavy atom. The fourth-order valence-electron chi connectivity index (χ4n) is 9.68. The molecule has 1 heterocycles. The van der Waals surface area contributed by atoms with Gasteiger partial charge in [-0.1, -0.05) is 170 Å². The summed E-state index contributed by atoms with van der Waals surface area (Å²) in [5, 5.41) is 18.2. The predicted octanol–water partition coefficient (Wildman–Crippen LogP) is 14.1. The highest BCUT2D eigenvalue weighted by atomic mass is 14.6. The molecule has 0 unspecified atom stereocenters. The van der Waals surface area contributed by atoms with E-state index in [4.69, 9.17) is 0 Å². The molecule has 0 bridgehead atoms. The summed E-state index contributed by atoms with van der Waals surface area (Å²) in [5.74, 6) is 0. The summed E-state index contributed by atoms with van der Waals surface area (Å²) in [6.45, 7) is 2.11. The lowest BCUT2D eigenvalue weighted by Crippen LogP contribution is -2.28. The summed E-state index contributed by atoms with van der Waals surface area (Å²) in [5.41, 5.74) is 13.5. The minimum atomic E-state index is -0.608. The van der Waals surface area contributed by atoms with Crippen molar-refractivity contribution in [1.29, 1.82) is 5.41 Å². The van der Waals surface area contributed by atoms with Gasteiger partial charge in [-0.25, -0.2) is 0 Å². The summed E-state index contributed by atoms with van der Waals surface area (Å²) in [4.78, 5) is 4.63. The van der Waals surface area contributed by atoms with Crippen LogP contribution in [0.2, 0.25) is 0 Å². The van der Waals surface area contributed by atoms with Crippen LogP contribution in [0.25, 0.3) is 71.6 Å². The van der Waals surface area contributed by atoms with Crippen molar-refractivity contribution in [3.05, 3.63) is 239 Å². The van der Waals surface area contributed by atoms with Gasteiger partial charge in [0.1, 0.15) is 0 Å². The first kappa shape index (κ1) is 33.9. The Balaban J connectivity index is 1.09. The normalized spacial score (nSPS) is 13.1. The van der Waals surface area contributed by atoms with Crippen molar-refractivity contribution >= 4 is 55.0 Å². The molecule has 0 saturated carbocycles. The predicted molar refractivity (Wildman–Crippen MR) is 244 cm³/mol. The molecule has 272 valence electrons. The van der Waals surface area contributed by atoms with Crippen LogP contribution in [0.4, 0.5) is 0 Å². The minimum absolute atomic E-state index is 0.464. The molecule has 1 aliphatic carbocycles. The van der Waals surface area contributed by atoms with Gasteiger partial charge in [-0.15, -0.1) is 0 Å². The molecule has 11 rings (SSSR count). The molecular weight excluding hydrogens is 701 g/mol. The van der Waals surface area contributed by atoms with Crippen LogP contribution in [0, 0.1) is 12.3 Å². The first-order chi connectivity index (χ1) is 28.6. The molecule has 0 spiro atoms. The molecule has 1 N–H and O–H groups in total. The van der Waals surface area contributed by atoms with E-state index in [0.29, 0.717) is 5.71 Å². The first-order valence-electron chi connectivity index (χ1n) is 19.9. The number of hydrogen-bond acceptors (Lipinski definition) is 2. The summed E-state index contributed by atoms with van der Waals surface area (Å²) in [6, 6.07) is 68.3. The van der Waals surface area contributed by atoms with Crippen LogP contribution in [0.15, 0.2) is 200 Å². The van der Waals surface area contributed by atoms with Gasteiger partial charge >= 0.3 is 0 Å². The monoisotopic (exact) mass is 738 g/mol. The van der Waals surface area contributed by atoms with Crippen molar-refractivity contribution in [2.75, 3.05) is 0 Å². The van der Waals surface area contributed by atoms with Gasteiger partial charge in [-0.3, -0.25) is 4.98 Å². The molecule has 0 fully saturated rings. The molecule has 0 aliphatic heterocycles. The smallest absolute Gasteiger partial charge is 0.0737 e. The first-order valence-corrected chi connectivity index (χ1v) is 19.9. The lowest BCUT2D eigenvalue weighted by molar-refractivity contribution is 0.768. The highest BCUT2D eigenvalue weighted by Crippen LogP contribution is 2.57. The molecule has 2 heteroatoms. The Labute approximate surface area is 337 Å². The Morgan fingerprint density at radius 1 is 0.500 bits per heavy atom. The second-order valence-corrected chi connectivity index (χ2v) is 15.5. The van der Waals surface area contributed by atoms with Crippen molar-refractivity contribution < 1.29 is 0 Å². The molecule has 2 nitrogen and oxygen atoms in total. The van der Waals surface area contributed by atoms with Crippen LogP contribution in [-0.2, 0) is 5.41 Å². The largest absolute Gasteiger partial charge is 0.300 e. The van der Waals surface area contributed by atoms with E-state index >= 15 is 0 Å².